The van der Waals surface area contributed by atoms with Gasteiger partial charge in [0.05, 0.1) is 10.6 Å². The lowest BCUT2D eigenvalue weighted by Gasteiger charge is -2.20. The van der Waals surface area contributed by atoms with Crippen molar-refractivity contribution in [2.24, 2.45) is 5.92 Å². The van der Waals surface area contributed by atoms with E-state index in [1.165, 1.54) is 12.1 Å². The normalized spacial score (nSPS) is 23.8. The fourth-order valence-corrected chi connectivity index (χ4v) is 3.68. The molecule has 1 aliphatic rings. The molecule has 0 aromatic heterocycles. The van der Waals surface area contributed by atoms with Gasteiger partial charge in [0.25, 0.3) is 0 Å². The molecule has 1 saturated carbocycles. The van der Waals surface area contributed by atoms with Crippen molar-refractivity contribution < 1.29 is 17.2 Å². The van der Waals surface area contributed by atoms with E-state index in [4.69, 9.17) is 0 Å². The smallest absolute Gasteiger partial charge is 0.341 e. The minimum atomic E-state index is -4.57. The Morgan fingerprint density at radius 3 is 2.57 bits per heavy atom. The standard InChI is InChI=1S/C15H21F2NO2S/c1-11-5-4-6-12(10-9-11)18-13-7-2-3-8-14(13)21(19,20)15(16)17/h2-3,7-8,11-12,15,18H,4-6,9-10H2,1H3. The zero-order valence-corrected chi connectivity index (χ0v) is 12.9. The molecule has 0 heterocycles. The van der Waals surface area contributed by atoms with Gasteiger partial charge in [-0.1, -0.05) is 31.9 Å². The summed E-state index contributed by atoms with van der Waals surface area (Å²) in [5, 5.41) is 3.16. The molecule has 0 saturated heterocycles. The molecule has 21 heavy (non-hydrogen) atoms. The molecule has 0 amide bonds. The highest BCUT2D eigenvalue weighted by molar-refractivity contribution is 7.91. The second-order valence-electron chi connectivity index (χ2n) is 5.76. The first-order chi connectivity index (χ1) is 9.91. The van der Waals surface area contributed by atoms with E-state index in [0.717, 1.165) is 32.1 Å². The van der Waals surface area contributed by atoms with Crippen LogP contribution in [0.1, 0.15) is 39.0 Å². The third-order valence-corrected chi connectivity index (χ3v) is 5.48. The van der Waals surface area contributed by atoms with Gasteiger partial charge in [-0.25, -0.2) is 8.42 Å². The second kappa shape index (κ2) is 6.73. The van der Waals surface area contributed by atoms with Gasteiger partial charge in [-0.15, -0.1) is 0 Å². The minimum absolute atomic E-state index is 0.143. The van der Waals surface area contributed by atoms with Crippen LogP contribution in [0.2, 0.25) is 0 Å². The number of hydrogen-bond acceptors (Lipinski definition) is 3. The Labute approximate surface area is 124 Å². The molecule has 3 nitrogen and oxygen atoms in total. The molecule has 1 aromatic rings. The van der Waals surface area contributed by atoms with Crippen LogP contribution in [0.25, 0.3) is 0 Å². The van der Waals surface area contributed by atoms with Crippen LogP contribution in [-0.4, -0.2) is 20.2 Å². The zero-order chi connectivity index (χ0) is 15.5. The molecule has 0 spiro atoms. The van der Waals surface area contributed by atoms with E-state index in [0.29, 0.717) is 5.92 Å². The first kappa shape index (κ1) is 16.2. The lowest BCUT2D eigenvalue weighted by atomic mass is 10.0. The summed E-state index contributed by atoms with van der Waals surface area (Å²) in [4.78, 5) is -0.308. The summed E-state index contributed by atoms with van der Waals surface area (Å²) >= 11 is 0. The van der Waals surface area contributed by atoms with Crippen molar-refractivity contribution in [2.45, 2.75) is 55.7 Å². The topological polar surface area (TPSA) is 46.2 Å². The van der Waals surface area contributed by atoms with E-state index in [1.807, 2.05) is 0 Å². The number of sulfone groups is 1. The number of para-hydroxylation sites is 1. The van der Waals surface area contributed by atoms with Gasteiger partial charge >= 0.3 is 5.76 Å². The maximum atomic E-state index is 12.8. The zero-order valence-electron chi connectivity index (χ0n) is 12.1. The largest absolute Gasteiger partial charge is 0.381 e. The van der Waals surface area contributed by atoms with Gasteiger partial charge in [0, 0.05) is 6.04 Å². The van der Waals surface area contributed by atoms with Crippen LogP contribution in [-0.2, 0) is 9.84 Å². The maximum absolute atomic E-state index is 12.8. The quantitative estimate of drug-likeness (QED) is 0.852. The maximum Gasteiger partial charge on any atom is 0.341 e. The minimum Gasteiger partial charge on any atom is -0.381 e. The van der Waals surface area contributed by atoms with E-state index in [1.54, 1.807) is 12.1 Å². The van der Waals surface area contributed by atoms with Crippen molar-refractivity contribution >= 4 is 15.5 Å². The van der Waals surface area contributed by atoms with Crippen LogP contribution in [0, 0.1) is 5.92 Å². The molecule has 0 bridgehead atoms. The molecule has 1 fully saturated rings. The number of rotatable bonds is 4. The van der Waals surface area contributed by atoms with E-state index in [9.17, 15) is 17.2 Å². The second-order valence-corrected chi connectivity index (χ2v) is 7.64. The molecule has 2 unspecified atom stereocenters. The van der Waals surface area contributed by atoms with Crippen LogP contribution in [0.3, 0.4) is 0 Å². The summed E-state index contributed by atoms with van der Waals surface area (Å²) in [6.45, 7) is 2.21. The Bertz CT molecular complexity index is 575. The first-order valence-electron chi connectivity index (χ1n) is 7.29. The lowest BCUT2D eigenvalue weighted by molar-refractivity contribution is 0.235. The highest BCUT2D eigenvalue weighted by atomic mass is 32.2. The summed E-state index contributed by atoms with van der Waals surface area (Å²) in [5.74, 6) is -2.73. The van der Waals surface area contributed by atoms with Gasteiger partial charge in [-0.05, 0) is 37.3 Å². The molecule has 0 aliphatic heterocycles. The molecule has 1 N–H and O–H groups in total. The number of alkyl halides is 2. The van der Waals surface area contributed by atoms with Crippen molar-refractivity contribution in [1.29, 1.82) is 0 Å². The third-order valence-electron chi connectivity index (χ3n) is 4.05. The van der Waals surface area contributed by atoms with E-state index in [2.05, 4.69) is 12.2 Å². The monoisotopic (exact) mass is 317 g/mol. The van der Waals surface area contributed by atoms with Gasteiger partial charge in [0.1, 0.15) is 0 Å². The third kappa shape index (κ3) is 3.93. The van der Waals surface area contributed by atoms with Crippen LogP contribution < -0.4 is 5.32 Å². The predicted molar refractivity (Wildman–Crippen MR) is 79.3 cm³/mol. The Hall–Kier alpha value is -1.17. The number of benzene rings is 1. The average molecular weight is 317 g/mol. The van der Waals surface area contributed by atoms with Crippen LogP contribution in [0.15, 0.2) is 29.2 Å². The number of halogens is 2. The van der Waals surface area contributed by atoms with E-state index in [-0.39, 0.29) is 16.6 Å². The van der Waals surface area contributed by atoms with Gasteiger partial charge in [0.15, 0.2) is 0 Å². The van der Waals surface area contributed by atoms with Gasteiger partial charge in [0.2, 0.25) is 9.84 Å². The van der Waals surface area contributed by atoms with Crippen LogP contribution in [0.4, 0.5) is 14.5 Å². The lowest BCUT2D eigenvalue weighted by Crippen LogP contribution is -2.21. The summed E-state index contributed by atoms with van der Waals surface area (Å²) in [6.07, 6.45) is 5.18. The fourth-order valence-electron chi connectivity index (χ4n) is 2.78. The highest BCUT2D eigenvalue weighted by Gasteiger charge is 2.29. The Balaban J connectivity index is 2.21. The summed E-state index contributed by atoms with van der Waals surface area (Å²) in [7, 11) is -4.57. The fraction of sp³-hybridized carbons (Fsp3) is 0.600. The molecule has 0 radical (unpaired) electrons. The van der Waals surface area contributed by atoms with Crippen molar-refractivity contribution in [3.05, 3.63) is 24.3 Å². The average Bonchev–Trinajstić information content (AvgIpc) is 2.64. The van der Waals surface area contributed by atoms with E-state index >= 15 is 0 Å². The number of anilines is 1. The molecular weight excluding hydrogens is 296 g/mol. The molecule has 1 aliphatic carbocycles. The highest BCUT2D eigenvalue weighted by Crippen LogP contribution is 2.30. The number of nitrogens with one attached hydrogen (secondary N) is 1. The molecular formula is C15H21F2NO2S. The number of hydrogen-bond donors (Lipinski definition) is 1. The predicted octanol–water partition coefficient (Wildman–Crippen LogP) is 4.06. The van der Waals surface area contributed by atoms with Crippen LogP contribution >= 0.6 is 0 Å². The Kier molecular flexibility index (Phi) is 5.19. The first-order valence-corrected chi connectivity index (χ1v) is 8.83. The SMILES string of the molecule is CC1CCCC(Nc2ccccc2S(=O)(=O)C(F)F)CC1. The molecule has 1 aromatic carbocycles. The molecule has 118 valence electrons. The van der Waals surface area contributed by atoms with Gasteiger partial charge in [-0.3, -0.25) is 0 Å². The van der Waals surface area contributed by atoms with Gasteiger partial charge < -0.3 is 5.32 Å². The Morgan fingerprint density at radius 2 is 1.86 bits per heavy atom. The summed E-state index contributed by atoms with van der Waals surface area (Å²) in [5.41, 5.74) is 0.289. The van der Waals surface area contributed by atoms with Gasteiger partial charge in [-0.2, -0.15) is 8.78 Å². The summed E-state index contributed by atoms with van der Waals surface area (Å²) in [6, 6.07) is 6.07. The molecule has 2 atom stereocenters. The van der Waals surface area contributed by atoms with Crippen molar-refractivity contribution in [3.63, 3.8) is 0 Å². The van der Waals surface area contributed by atoms with Crippen molar-refractivity contribution in [2.75, 3.05) is 5.32 Å². The summed E-state index contributed by atoms with van der Waals surface area (Å²) < 4.78 is 49.0. The van der Waals surface area contributed by atoms with Crippen molar-refractivity contribution in [3.8, 4) is 0 Å². The van der Waals surface area contributed by atoms with Crippen LogP contribution in [0.5, 0.6) is 0 Å². The Morgan fingerprint density at radius 1 is 1.14 bits per heavy atom. The van der Waals surface area contributed by atoms with Crippen molar-refractivity contribution in [1.82, 2.24) is 0 Å². The molecule has 6 heteroatoms. The van der Waals surface area contributed by atoms with E-state index < -0.39 is 15.6 Å². The molecule has 2 rings (SSSR count).